The number of carbonyl (C=O) groups is 1. The fourth-order valence-electron chi connectivity index (χ4n) is 1.03. The normalized spacial score (nSPS) is 9.92. The van der Waals surface area contributed by atoms with E-state index >= 15 is 0 Å². The molecule has 0 aliphatic carbocycles. The number of rotatable bonds is 4. The van der Waals surface area contributed by atoms with Gasteiger partial charge in [-0.25, -0.2) is 0 Å². The fraction of sp³-hybridized carbons (Fsp3) is 0.300. The van der Waals surface area contributed by atoms with E-state index in [1.165, 1.54) is 0 Å². The number of ketones is 1. The Kier molecular flexibility index (Phi) is 3.96. The molecule has 1 aromatic rings. The highest BCUT2D eigenvalue weighted by atomic mass is 79.9. The van der Waals surface area contributed by atoms with Gasteiger partial charge >= 0.3 is 0 Å². The molecule has 0 unspecified atom stereocenters. The molecule has 1 aromatic carbocycles. The van der Waals surface area contributed by atoms with E-state index in [0.717, 1.165) is 17.7 Å². The van der Waals surface area contributed by atoms with Crippen LogP contribution >= 0.6 is 15.9 Å². The van der Waals surface area contributed by atoms with E-state index in [2.05, 4.69) is 15.9 Å². The van der Waals surface area contributed by atoms with E-state index < -0.39 is 0 Å². The van der Waals surface area contributed by atoms with Crippen LogP contribution in [-0.2, 0) is 11.2 Å². The summed E-state index contributed by atoms with van der Waals surface area (Å²) in [4.78, 5) is 11.0. The summed E-state index contributed by atoms with van der Waals surface area (Å²) < 4.78 is 0. The van der Waals surface area contributed by atoms with Crippen LogP contribution in [0.1, 0.15) is 12.0 Å². The Morgan fingerprint density at radius 1 is 1.31 bits per heavy atom. The zero-order valence-electron chi connectivity index (χ0n) is 7.29. The third-order valence-electron chi connectivity index (χ3n) is 1.82. The number of alkyl halides is 1. The Bertz CT molecular complexity index is 281. The number of halogens is 1. The molecule has 0 spiro atoms. The largest absolute Gasteiger partial charge is 0.399 e. The average molecular weight is 242 g/mol. The molecule has 1 rings (SSSR count). The van der Waals surface area contributed by atoms with Gasteiger partial charge in [-0.2, -0.15) is 0 Å². The number of Topliss-reactive ketones (excluding diaryl/α,β-unsaturated/α-hetero) is 1. The molecule has 0 saturated heterocycles. The first-order valence-electron chi connectivity index (χ1n) is 4.14. The van der Waals surface area contributed by atoms with Gasteiger partial charge in [0.05, 0.1) is 5.33 Å². The van der Waals surface area contributed by atoms with Gasteiger partial charge in [0.2, 0.25) is 0 Å². The first-order chi connectivity index (χ1) is 6.22. The summed E-state index contributed by atoms with van der Waals surface area (Å²) in [6, 6.07) is 7.62. The van der Waals surface area contributed by atoms with Gasteiger partial charge in [-0.3, -0.25) is 4.79 Å². The maximum absolute atomic E-state index is 11.0. The monoisotopic (exact) mass is 241 g/mol. The van der Waals surface area contributed by atoms with E-state index in [1.54, 1.807) is 0 Å². The summed E-state index contributed by atoms with van der Waals surface area (Å²) in [5, 5.41) is 0.446. The van der Waals surface area contributed by atoms with E-state index in [9.17, 15) is 4.79 Å². The number of anilines is 1. The second kappa shape index (κ2) is 5.02. The van der Waals surface area contributed by atoms with Gasteiger partial charge < -0.3 is 5.73 Å². The molecule has 0 fully saturated rings. The first-order valence-corrected chi connectivity index (χ1v) is 5.26. The molecule has 70 valence electrons. The molecule has 3 heteroatoms. The van der Waals surface area contributed by atoms with Gasteiger partial charge in [0.15, 0.2) is 0 Å². The van der Waals surface area contributed by atoms with Crippen molar-refractivity contribution in [2.24, 2.45) is 0 Å². The van der Waals surface area contributed by atoms with Crippen LogP contribution in [0.2, 0.25) is 0 Å². The standard InChI is InChI=1S/C10H12BrNO/c11-7-10(13)6-3-8-1-4-9(12)5-2-8/h1-2,4-5H,3,6-7,12H2. The lowest BCUT2D eigenvalue weighted by Crippen LogP contribution is -2.00. The number of carbonyl (C=O) groups excluding carboxylic acids is 1. The molecule has 0 bridgehead atoms. The van der Waals surface area contributed by atoms with Gasteiger partial charge in [-0.1, -0.05) is 28.1 Å². The lowest BCUT2D eigenvalue weighted by Gasteiger charge is -1.99. The van der Waals surface area contributed by atoms with Crippen molar-refractivity contribution >= 4 is 27.4 Å². The Labute approximate surface area is 86.3 Å². The molecule has 0 aliphatic rings. The van der Waals surface area contributed by atoms with Crippen LogP contribution in [0.4, 0.5) is 5.69 Å². The van der Waals surface area contributed by atoms with Crippen LogP contribution in [0.25, 0.3) is 0 Å². The first kappa shape index (κ1) is 10.3. The van der Waals surface area contributed by atoms with Crippen LogP contribution in [0, 0.1) is 0 Å². The summed E-state index contributed by atoms with van der Waals surface area (Å²) in [7, 11) is 0. The van der Waals surface area contributed by atoms with E-state index in [4.69, 9.17) is 5.73 Å². The minimum absolute atomic E-state index is 0.233. The maximum Gasteiger partial charge on any atom is 0.143 e. The van der Waals surface area contributed by atoms with E-state index in [-0.39, 0.29) is 5.78 Å². The Hall–Kier alpha value is -0.830. The zero-order valence-corrected chi connectivity index (χ0v) is 8.88. The summed E-state index contributed by atoms with van der Waals surface area (Å²) >= 11 is 3.13. The van der Waals surface area contributed by atoms with Gasteiger partial charge in [-0.05, 0) is 24.1 Å². The van der Waals surface area contributed by atoms with Crippen LogP contribution in [0.3, 0.4) is 0 Å². The van der Waals surface area contributed by atoms with Crippen LogP contribution in [-0.4, -0.2) is 11.1 Å². The van der Waals surface area contributed by atoms with Crippen molar-refractivity contribution in [2.45, 2.75) is 12.8 Å². The number of hydrogen-bond donors (Lipinski definition) is 1. The van der Waals surface area contributed by atoms with Crippen molar-refractivity contribution in [3.8, 4) is 0 Å². The zero-order chi connectivity index (χ0) is 9.68. The lowest BCUT2D eigenvalue weighted by molar-refractivity contribution is -0.116. The highest BCUT2D eigenvalue weighted by Crippen LogP contribution is 2.08. The number of nitrogen functional groups attached to an aromatic ring is 1. The molecule has 0 radical (unpaired) electrons. The molecule has 0 aromatic heterocycles. The minimum atomic E-state index is 0.233. The van der Waals surface area contributed by atoms with Gasteiger partial charge in [0.1, 0.15) is 5.78 Å². The second-order valence-electron chi connectivity index (χ2n) is 2.91. The van der Waals surface area contributed by atoms with Crippen molar-refractivity contribution in [1.82, 2.24) is 0 Å². The molecule has 2 nitrogen and oxygen atoms in total. The third-order valence-corrected chi connectivity index (χ3v) is 2.45. The van der Waals surface area contributed by atoms with Gasteiger partial charge in [0.25, 0.3) is 0 Å². The quantitative estimate of drug-likeness (QED) is 0.649. The topological polar surface area (TPSA) is 43.1 Å². The predicted molar refractivity (Wildman–Crippen MR) is 58.0 cm³/mol. The van der Waals surface area contributed by atoms with Crippen molar-refractivity contribution in [3.05, 3.63) is 29.8 Å². The predicted octanol–water partition coefficient (Wildman–Crippen LogP) is 2.17. The summed E-state index contributed by atoms with van der Waals surface area (Å²) in [6.45, 7) is 0. The van der Waals surface area contributed by atoms with Gasteiger partial charge in [-0.15, -0.1) is 0 Å². The molecule has 0 amide bonds. The van der Waals surface area contributed by atoms with Crippen molar-refractivity contribution < 1.29 is 4.79 Å². The number of aryl methyl sites for hydroxylation is 1. The maximum atomic E-state index is 11.0. The van der Waals surface area contributed by atoms with Gasteiger partial charge in [0, 0.05) is 12.1 Å². The highest BCUT2D eigenvalue weighted by Gasteiger charge is 1.99. The molecule has 13 heavy (non-hydrogen) atoms. The Balaban J connectivity index is 2.46. The SMILES string of the molecule is Nc1ccc(CCC(=O)CBr)cc1. The molecule has 0 atom stereocenters. The van der Waals surface area contributed by atoms with Crippen molar-refractivity contribution in [2.75, 3.05) is 11.1 Å². The molecule has 0 saturated carbocycles. The molecular weight excluding hydrogens is 230 g/mol. The second-order valence-corrected chi connectivity index (χ2v) is 3.47. The Morgan fingerprint density at radius 2 is 1.92 bits per heavy atom. The highest BCUT2D eigenvalue weighted by molar-refractivity contribution is 9.09. The smallest absolute Gasteiger partial charge is 0.143 e. The van der Waals surface area contributed by atoms with Crippen LogP contribution in [0.15, 0.2) is 24.3 Å². The summed E-state index contributed by atoms with van der Waals surface area (Å²) in [6.07, 6.45) is 1.39. The number of nitrogens with two attached hydrogens (primary N) is 1. The van der Waals surface area contributed by atoms with Crippen molar-refractivity contribution in [1.29, 1.82) is 0 Å². The molecule has 0 heterocycles. The van der Waals surface area contributed by atoms with Crippen LogP contribution in [0.5, 0.6) is 0 Å². The van der Waals surface area contributed by atoms with E-state index in [0.29, 0.717) is 11.8 Å². The number of hydrogen-bond acceptors (Lipinski definition) is 2. The average Bonchev–Trinajstić information content (AvgIpc) is 2.16. The minimum Gasteiger partial charge on any atom is -0.399 e. The molecule has 0 aliphatic heterocycles. The summed E-state index contributed by atoms with van der Waals surface area (Å²) in [5.74, 6) is 0.233. The Morgan fingerprint density at radius 3 is 2.46 bits per heavy atom. The summed E-state index contributed by atoms with van der Waals surface area (Å²) in [5.41, 5.74) is 7.45. The number of benzene rings is 1. The van der Waals surface area contributed by atoms with E-state index in [1.807, 2.05) is 24.3 Å². The van der Waals surface area contributed by atoms with Crippen LogP contribution < -0.4 is 5.73 Å². The third kappa shape index (κ3) is 3.59. The molecular formula is C10H12BrNO. The lowest BCUT2D eigenvalue weighted by atomic mass is 10.1. The fourth-order valence-corrected chi connectivity index (χ4v) is 1.32. The van der Waals surface area contributed by atoms with Crippen molar-refractivity contribution in [3.63, 3.8) is 0 Å². The molecule has 2 N–H and O–H groups in total.